The summed E-state index contributed by atoms with van der Waals surface area (Å²) in [6.07, 6.45) is 0.670. The van der Waals surface area contributed by atoms with Crippen LogP contribution in [-0.2, 0) is 4.79 Å². The zero-order valence-corrected chi connectivity index (χ0v) is 20.9. The number of benzene rings is 3. The van der Waals surface area contributed by atoms with Crippen molar-refractivity contribution in [1.82, 2.24) is 14.5 Å². The first-order chi connectivity index (χ1) is 16.9. The number of ether oxygens (including phenoxy) is 1. The Balaban J connectivity index is 1.88. The summed E-state index contributed by atoms with van der Waals surface area (Å²) < 4.78 is 7.20. The smallest absolute Gasteiger partial charge is 0.266 e. The van der Waals surface area contributed by atoms with Crippen molar-refractivity contribution < 1.29 is 9.53 Å². The molecule has 0 bridgehead atoms. The second-order valence-electron chi connectivity index (χ2n) is 8.80. The number of para-hydroxylation sites is 1. The molecule has 4 aromatic rings. The summed E-state index contributed by atoms with van der Waals surface area (Å²) in [6.45, 7) is 5.88. The van der Waals surface area contributed by atoms with E-state index in [1.54, 1.807) is 29.7 Å². The van der Waals surface area contributed by atoms with Gasteiger partial charge in [0.25, 0.3) is 5.56 Å². The Bertz CT molecular complexity index is 1410. The average Bonchev–Trinajstić information content (AvgIpc) is 2.88. The van der Waals surface area contributed by atoms with Crippen molar-refractivity contribution in [3.05, 3.63) is 100 Å². The Morgan fingerprint density at radius 1 is 1.06 bits per heavy atom. The van der Waals surface area contributed by atoms with Crippen LogP contribution in [-0.4, -0.2) is 34.5 Å². The van der Waals surface area contributed by atoms with Gasteiger partial charge in [0, 0.05) is 7.05 Å². The van der Waals surface area contributed by atoms with Gasteiger partial charge in [0.2, 0.25) is 5.91 Å². The molecule has 35 heavy (non-hydrogen) atoms. The van der Waals surface area contributed by atoms with Crippen LogP contribution in [0.1, 0.15) is 49.2 Å². The minimum absolute atomic E-state index is 0.0173. The topological polar surface area (TPSA) is 64.4 Å². The maximum Gasteiger partial charge on any atom is 0.266 e. The Morgan fingerprint density at radius 2 is 1.74 bits per heavy atom. The molecule has 2 unspecified atom stereocenters. The molecule has 0 radical (unpaired) electrons. The Morgan fingerprint density at radius 3 is 2.43 bits per heavy atom. The van der Waals surface area contributed by atoms with Gasteiger partial charge in [-0.2, -0.15) is 0 Å². The third kappa shape index (κ3) is 4.56. The summed E-state index contributed by atoms with van der Waals surface area (Å²) in [5, 5.41) is 0.511. The van der Waals surface area contributed by atoms with E-state index in [1.165, 1.54) is 0 Å². The third-order valence-electron chi connectivity index (χ3n) is 6.59. The van der Waals surface area contributed by atoms with E-state index in [-0.39, 0.29) is 17.4 Å². The average molecular weight is 470 g/mol. The van der Waals surface area contributed by atoms with Crippen LogP contribution >= 0.6 is 0 Å². The van der Waals surface area contributed by atoms with Gasteiger partial charge < -0.3 is 9.64 Å². The zero-order valence-electron chi connectivity index (χ0n) is 20.9. The van der Waals surface area contributed by atoms with Crippen molar-refractivity contribution in [1.29, 1.82) is 0 Å². The monoisotopic (exact) mass is 469 g/mol. The van der Waals surface area contributed by atoms with Crippen molar-refractivity contribution in [2.24, 2.45) is 0 Å². The molecule has 0 fully saturated rings. The fraction of sp³-hybridized carbons (Fsp3) is 0.276. The molecule has 180 valence electrons. The van der Waals surface area contributed by atoms with Gasteiger partial charge in [-0.3, -0.25) is 14.2 Å². The molecule has 1 amide bonds. The van der Waals surface area contributed by atoms with Gasteiger partial charge in [0.15, 0.2) is 0 Å². The summed E-state index contributed by atoms with van der Waals surface area (Å²) in [6, 6.07) is 22.3. The lowest BCUT2D eigenvalue weighted by Crippen LogP contribution is -2.37. The number of carbonyl (C=O) groups is 1. The van der Waals surface area contributed by atoms with Crippen LogP contribution in [0.2, 0.25) is 0 Å². The zero-order chi connectivity index (χ0) is 25.1. The number of hydrogen-bond donors (Lipinski definition) is 0. The predicted molar refractivity (Wildman–Crippen MR) is 139 cm³/mol. The van der Waals surface area contributed by atoms with Crippen LogP contribution in [0.3, 0.4) is 0 Å². The highest BCUT2D eigenvalue weighted by Crippen LogP contribution is 2.30. The van der Waals surface area contributed by atoms with E-state index in [2.05, 4.69) is 0 Å². The fourth-order valence-electron chi connectivity index (χ4n) is 4.49. The number of aryl methyl sites for hydroxylation is 1. The summed E-state index contributed by atoms with van der Waals surface area (Å²) in [5.74, 6) is 0.749. The number of amides is 1. The normalized spacial score (nSPS) is 12.8. The maximum atomic E-state index is 13.8. The summed E-state index contributed by atoms with van der Waals surface area (Å²) in [4.78, 5) is 34.0. The summed E-state index contributed by atoms with van der Waals surface area (Å²) in [7, 11) is 3.36. The predicted octanol–water partition coefficient (Wildman–Crippen LogP) is 5.42. The number of nitrogens with zero attached hydrogens (tertiary/aromatic N) is 3. The van der Waals surface area contributed by atoms with E-state index >= 15 is 0 Å². The molecule has 0 saturated carbocycles. The van der Waals surface area contributed by atoms with E-state index in [4.69, 9.17) is 9.72 Å². The van der Waals surface area contributed by atoms with Crippen LogP contribution in [0.4, 0.5) is 0 Å². The number of fused-ring (bicyclic) bond motifs is 1. The number of aromatic nitrogens is 2. The molecule has 0 N–H and O–H groups in total. The Labute approximate surface area is 205 Å². The van der Waals surface area contributed by atoms with Crippen LogP contribution in [0.5, 0.6) is 5.75 Å². The number of rotatable bonds is 7. The SMILES string of the molecule is CCC(C(=O)N(C)C(C)c1nc2ccccc2c(=O)n1-c1cc(C)ccc1OC)c1ccccc1. The second kappa shape index (κ2) is 10.1. The molecule has 3 aromatic carbocycles. The molecule has 0 aliphatic carbocycles. The highest BCUT2D eigenvalue weighted by atomic mass is 16.5. The number of carbonyl (C=O) groups excluding carboxylic acids is 1. The van der Waals surface area contributed by atoms with Crippen molar-refractivity contribution in [2.75, 3.05) is 14.2 Å². The van der Waals surface area contributed by atoms with Gasteiger partial charge in [-0.15, -0.1) is 0 Å². The third-order valence-corrected chi connectivity index (χ3v) is 6.59. The van der Waals surface area contributed by atoms with Crippen LogP contribution in [0.25, 0.3) is 16.6 Å². The number of methoxy groups -OCH3 is 1. The van der Waals surface area contributed by atoms with Crippen LogP contribution in [0, 0.1) is 6.92 Å². The maximum absolute atomic E-state index is 13.8. The van der Waals surface area contributed by atoms with Gasteiger partial charge >= 0.3 is 0 Å². The molecule has 0 spiro atoms. The van der Waals surface area contributed by atoms with Crippen LogP contribution < -0.4 is 10.3 Å². The summed E-state index contributed by atoms with van der Waals surface area (Å²) in [5.41, 5.74) is 2.96. The fourth-order valence-corrected chi connectivity index (χ4v) is 4.49. The lowest BCUT2D eigenvalue weighted by Gasteiger charge is -2.30. The second-order valence-corrected chi connectivity index (χ2v) is 8.80. The Kier molecular flexibility index (Phi) is 7.01. The van der Waals surface area contributed by atoms with Crippen molar-refractivity contribution in [3.8, 4) is 11.4 Å². The Hall–Kier alpha value is -3.93. The van der Waals surface area contributed by atoms with Gasteiger partial charge in [0.1, 0.15) is 11.6 Å². The molecule has 0 aliphatic rings. The van der Waals surface area contributed by atoms with Gasteiger partial charge in [-0.25, -0.2) is 4.98 Å². The molecule has 6 nitrogen and oxygen atoms in total. The quantitative estimate of drug-likeness (QED) is 0.363. The van der Waals surface area contributed by atoms with Gasteiger partial charge in [-0.05, 0) is 55.7 Å². The van der Waals surface area contributed by atoms with Crippen molar-refractivity contribution in [3.63, 3.8) is 0 Å². The molecule has 2 atom stereocenters. The van der Waals surface area contributed by atoms with Gasteiger partial charge in [0.05, 0.1) is 35.7 Å². The lowest BCUT2D eigenvalue weighted by atomic mass is 9.94. The highest BCUT2D eigenvalue weighted by Gasteiger charge is 2.29. The largest absolute Gasteiger partial charge is 0.495 e. The van der Waals surface area contributed by atoms with E-state index in [9.17, 15) is 9.59 Å². The number of hydrogen-bond acceptors (Lipinski definition) is 4. The van der Waals surface area contributed by atoms with E-state index in [0.717, 1.165) is 11.1 Å². The minimum atomic E-state index is -0.470. The summed E-state index contributed by atoms with van der Waals surface area (Å²) >= 11 is 0. The molecule has 0 aliphatic heterocycles. The van der Waals surface area contributed by atoms with E-state index in [1.807, 2.05) is 87.5 Å². The van der Waals surface area contributed by atoms with Crippen LogP contribution in [0.15, 0.2) is 77.6 Å². The molecule has 4 rings (SSSR count). The molecular formula is C29H31N3O3. The minimum Gasteiger partial charge on any atom is -0.495 e. The molecule has 1 heterocycles. The molecular weight excluding hydrogens is 438 g/mol. The van der Waals surface area contributed by atoms with E-state index < -0.39 is 6.04 Å². The van der Waals surface area contributed by atoms with Gasteiger partial charge in [-0.1, -0.05) is 55.5 Å². The highest BCUT2D eigenvalue weighted by molar-refractivity contribution is 5.84. The standard InChI is InChI=1S/C29H31N3O3/c1-6-22(21-12-8-7-9-13-21)28(33)31(4)20(3)27-30-24-15-11-10-14-23(24)29(34)32(27)25-18-19(2)16-17-26(25)35-5/h7-18,20,22H,6H2,1-5H3. The number of likely N-dealkylation sites (N-methyl/N-ethyl adjacent to an activating group) is 1. The van der Waals surface area contributed by atoms with Crippen molar-refractivity contribution in [2.45, 2.75) is 39.2 Å². The first-order valence-corrected chi connectivity index (χ1v) is 11.9. The molecule has 6 heteroatoms. The lowest BCUT2D eigenvalue weighted by molar-refractivity contribution is -0.133. The first kappa shape index (κ1) is 24.2. The first-order valence-electron chi connectivity index (χ1n) is 11.9. The molecule has 0 saturated heterocycles. The molecule has 1 aromatic heterocycles. The van der Waals surface area contributed by atoms with Crippen molar-refractivity contribution >= 4 is 16.8 Å². The van der Waals surface area contributed by atoms with E-state index in [0.29, 0.717) is 34.6 Å².